The molecule has 0 saturated carbocycles. The monoisotopic (exact) mass is 286 g/mol. The molecule has 0 bridgehead atoms. The van der Waals surface area contributed by atoms with E-state index in [0.717, 1.165) is 5.56 Å². The fourth-order valence-electron chi connectivity index (χ4n) is 1.71. The lowest BCUT2D eigenvalue weighted by molar-refractivity contribution is 0.202. The zero-order valence-electron chi connectivity index (χ0n) is 11.5. The summed E-state index contributed by atoms with van der Waals surface area (Å²) < 4.78 is 31.5. The van der Waals surface area contributed by atoms with Crippen LogP contribution in [0, 0.1) is 0 Å². The van der Waals surface area contributed by atoms with Crippen LogP contribution < -0.4 is 10.0 Å². The number of methoxy groups -OCH3 is 1. The molecular formula is C13H22N2O3S. The van der Waals surface area contributed by atoms with Gasteiger partial charge in [-0.25, -0.2) is 8.42 Å². The standard InChI is InChI=1S/C13H22N2O3S/c1-14-9-5-11-19(16,17)15-13-7-4-3-6-12(13)8-10-18-2/h3-4,6-7,14-15H,5,8-11H2,1-2H3. The van der Waals surface area contributed by atoms with Crippen LogP contribution in [0.25, 0.3) is 0 Å². The number of para-hydroxylation sites is 1. The Morgan fingerprint density at radius 2 is 2.00 bits per heavy atom. The van der Waals surface area contributed by atoms with Crippen LogP contribution in [0.15, 0.2) is 24.3 Å². The summed E-state index contributed by atoms with van der Waals surface area (Å²) in [6.45, 7) is 1.25. The van der Waals surface area contributed by atoms with Crippen LogP contribution in [-0.2, 0) is 21.2 Å². The summed E-state index contributed by atoms with van der Waals surface area (Å²) >= 11 is 0. The van der Waals surface area contributed by atoms with E-state index in [0.29, 0.717) is 31.7 Å². The van der Waals surface area contributed by atoms with E-state index in [9.17, 15) is 8.42 Å². The molecule has 0 aliphatic carbocycles. The van der Waals surface area contributed by atoms with E-state index >= 15 is 0 Å². The van der Waals surface area contributed by atoms with Gasteiger partial charge in [0.1, 0.15) is 0 Å². The number of anilines is 1. The van der Waals surface area contributed by atoms with Crippen molar-refractivity contribution in [3.63, 3.8) is 0 Å². The quantitative estimate of drug-likeness (QED) is 0.670. The maximum absolute atomic E-state index is 11.9. The van der Waals surface area contributed by atoms with Crippen molar-refractivity contribution in [3.8, 4) is 0 Å². The van der Waals surface area contributed by atoms with Crippen molar-refractivity contribution in [3.05, 3.63) is 29.8 Å². The molecule has 0 spiro atoms. The molecule has 108 valence electrons. The highest BCUT2D eigenvalue weighted by molar-refractivity contribution is 7.92. The minimum atomic E-state index is -3.29. The van der Waals surface area contributed by atoms with Crippen LogP contribution in [0.3, 0.4) is 0 Å². The van der Waals surface area contributed by atoms with Crippen LogP contribution in [0.4, 0.5) is 5.69 Å². The third-order valence-electron chi connectivity index (χ3n) is 2.70. The molecule has 2 N–H and O–H groups in total. The summed E-state index contributed by atoms with van der Waals surface area (Å²) in [7, 11) is 0.150. The topological polar surface area (TPSA) is 67.4 Å². The molecule has 5 nitrogen and oxygen atoms in total. The number of nitrogens with one attached hydrogen (secondary N) is 2. The first-order valence-corrected chi connectivity index (χ1v) is 7.96. The second kappa shape index (κ2) is 8.14. The summed E-state index contributed by atoms with van der Waals surface area (Å²) in [5.74, 6) is 0.118. The first-order valence-electron chi connectivity index (χ1n) is 6.31. The Bertz CT molecular complexity index is 475. The summed E-state index contributed by atoms with van der Waals surface area (Å²) in [4.78, 5) is 0. The fourth-order valence-corrected chi connectivity index (χ4v) is 2.87. The van der Waals surface area contributed by atoms with Gasteiger partial charge in [0.25, 0.3) is 0 Å². The third kappa shape index (κ3) is 6.04. The molecule has 0 heterocycles. The van der Waals surface area contributed by atoms with Crippen LogP contribution in [0.5, 0.6) is 0 Å². The molecule has 1 aromatic rings. The highest BCUT2D eigenvalue weighted by atomic mass is 32.2. The predicted octanol–water partition coefficient (Wildman–Crippen LogP) is 1.23. The molecule has 1 rings (SSSR count). The van der Waals surface area contributed by atoms with Crippen molar-refractivity contribution >= 4 is 15.7 Å². The molecule has 0 aromatic heterocycles. The molecule has 0 aliphatic rings. The van der Waals surface area contributed by atoms with Gasteiger partial charge >= 0.3 is 0 Å². The molecule has 0 saturated heterocycles. The number of benzene rings is 1. The Hall–Kier alpha value is -1.11. The molecule has 6 heteroatoms. The smallest absolute Gasteiger partial charge is 0.232 e. The zero-order chi connectivity index (χ0) is 14.1. The van der Waals surface area contributed by atoms with E-state index in [1.54, 1.807) is 20.2 Å². The zero-order valence-corrected chi connectivity index (χ0v) is 12.3. The number of sulfonamides is 1. The molecular weight excluding hydrogens is 264 g/mol. The van der Waals surface area contributed by atoms with E-state index in [1.165, 1.54) is 0 Å². The third-order valence-corrected chi connectivity index (χ3v) is 4.06. The Kier molecular flexibility index (Phi) is 6.83. The number of hydrogen-bond acceptors (Lipinski definition) is 4. The van der Waals surface area contributed by atoms with Crippen molar-refractivity contribution in [1.82, 2.24) is 5.32 Å². The van der Waals surface area contributed by atoms with Crippen LogP contribution in [-0.4, -0.2) is 41.5 Å². The number of hydrogen-bond donors (Lipinski definition) is 2. The van der Waals surface area contributed by atoms with Crippen LogP contribution in [0.1, 0.15) is 12.0 Å². The summed E-state index contributed by atoms with van der Waals surface area (Å²) in [5.41, 5.74) is 1.59. The molecule has 19 heavy (non-hydrogen) atoms. The Labute approximate surface area is 115 Å². The van der Waals surface area contributed by atoms with Gasteiger partial charge in [-0.3, -0.25) is 4.72 Å². The summed E-state index contributed by atoms with van der Waals surface area (Å²) in [5, 5.41) is 2.93. The van der Waals surface area contributed by atoms with Gasteiger partial charge in [-0.1, -0.05) is 18.2 Å². The SMILES string of the molecule is CNCCCS(=O)(=O)Nc1ccccc1CCOC. The van der Waals surface area contributed by atoms with Crippen molar-refractivity contribution in [2.75, 3.05) is 37.8 Å². The van der Waals surface area contributed by atoms with Crippen LogP contribution >= 0.6 is 0 Å². The van der Waals surface area contributed by atoms with Crippen molar-refractivity contribution in [1.29, 1.82) is 0 Å². The highest BCUT2D eigenvalue weighted by Crippen LogP contribution is 2.17. The first-order chi connectivity index (χ1) is 9.09. The van der Waals surface area contributed by atoms with Gasteiger partial charge in [0.2, 0.25) is 10.0 Å². The van der Waals surface area contributed by atoms with Crippen molar-refractivity contribution in [2.45, 2.75) is 12.8 Å². The van der Waals surface area contributed by atoms with Gasteiger partial charge in [-0.15, -0.1) is 0 Å². The fraction of sp³-hybridized carbons (Fsp3) is 0.538. The lowest BCUT2D eigenvalue weighted by atomic mass is 10.1. The van der Waals surface area contributed by atoms with Crippen molar-refractivity contribution < 1.29 is 13.2 Å². The van der Waals surface area contributed by atoms with E-state index in [4.69, 9.17) is 4.74 Å². The lowest BCUT2D eigenvalue weighted by Crippen LogP contribution is -2.21. The lowest BCUT2D eigenvalue weighted by Gasteiger charge is -2.12. The van der Waals surface area contributed by atoms with Gasteiger partial charge in [-0.05, 0) is 38.1 Å². The summed E-state index contributed by atoms with van der Waals surface area (Å²) in [6, 6.07) is 7.40. The van der Waals surface area contributed by atoms with E-state index < -0.39 is 10.0 Å². The van der Waals surface area contributed by atoms with Gasteiger partial charge in [-0.2, -0.15) is 0 Å². The van der Waals surface area contributed by atoms with Crippen molar-refractivity contribution in [2.24, 2.45) is 0 Å². The average molecular weight is 286 g/mol. The van der Waals surface area contributed by atoms with Gasteiger partial charge < -0.3 is 10.1 Å². The minimum absolute atomic E-state index is 0.118. The molecule has 0 radical (unpaired) electrons. The number of rotatable bonds is 9. The maximum atomic E-state index is 11.9. The average Bonchev–Trinajstić information content (AvgIpc) is 2.37. The Morgan fingerprint density at radius 1 is 1.26 bits per heavy atom. The predicted molar refractivity (Wildman–Crippen MR) is 78.0 cm³/mol. The second-order valence-corrected chi connectivity index (χ2v) is 6.12. The van der Waals surface area contributed by atoms with Gasteiger partial charge in [0, 0.05) is 7.11 Å². The maximum Gasteiger partial charge on any atom is 0.232 e. The van der Waals surface area contributed by atoms with Gasteiger partial charge in [0.15, 0.2) is 0 Å². The normalized spacial score (nSPS) is 11.5. The van der Waals surface area contributed by atoms with E-state index in [-0.39, 0.29) is 5.75 Å². The van der Waals surface area contributed by atoms with Gasteiger partial charge in [0.05, 0.1) is 18.0 Å². The Balaban J connectivity index is 2.69. The molecule has 0 fully saturated rings. The Morgan fingerprint density at radius 3 is 2.68 bits per heavy atom. The number of ether oxygens (including phenoxy) is 1. The molecule has 0 aliphatic heterocycles. The largest absolute Gasteiger partial charge is 0.384 e. The molecule has 1 aromatic carbocycles. The minimum Gasteiger partial charge on any atom is -0.384 e. The van der Waals surface area contributed by atoms with E-state index in [1.807, 2.05) is 18.2 Å². The molecule has 0 unspecified atom stereocenters. The molecule has 0 amide bonds. The van der Waals surface area contributed by atoms with E-state index in [2.05, 4.69) is 10.0 Å². The van der Waals surface area contributed by atoms with Crippen LogP contribution in [0.2, 0.25) is 0 Å². The highest BCUT2D eigenvalue weighted by Gasteiger charge is 2.12. The first kappa shape index (κ1) is 15.9. The summed E-state index contributed by atoms with van der Waals surface area (Å²) in [6.07, 6.45) is 1.28. The second-order valence-electron chi connectivity index (χ2n) is 4.28. The molecule has 0 atom stereocenters.